The highest BCUT2D eigenvalue weighted by Crippen LogP contribution is 2.33. The Labute approximate surface area is 66.7 Å². The Morgan fingerprint density at radius 3 is 2.73 bits per heavy atom. The summed E-state index contributed by atoms with van der Waals surface area (Å²) >= 11 is 0. The van der Waals surface area contributed by atoms with Gasteiger partial charge in [-0.15, -0.1) is 0 Å². The molecule has 0 N–H and O–H groups in total. The van der Waals surface area contributed by atoms with Crippen molar-refractivity contribution in [3.63, 3.8) is 0 Å². The van der Waals surface area contributed by atoms with Crippen LogP contribution in [0.5, 0.6) is 0 Å². The number of Topliss-reactive ketones (excluding diaryl/α,β-unsaturated/α-hetero) is 1. The molecule has 0 aromatic carbocycles. The van der Waals surface area contributed by atoms with Crippen molar-refractivity contribution in [3.05, 3.63) is 0 Å². The molecule has 11 heavy (non-hydrogen) atoms. The minimum atomic E-state index is -0.671. The van der Waals surface area contributed by atoms with E-state index in [2.05, 4.69) is 0 Å². The summed E-state index contributed by atoms with van der Waals surface area (Å²) in [5.41, 5.74) is -0.671. The SMILES string of the molecule is CCO[C@H]1CC(=O)[C@]1(C)OC. The molecule has 1 aliphatic carbocycles. The third-order valence-corrected chi connectivity index (χ3v) is 2.33. The van der Waals surface area contributed by atoms with E-state index in [1.807, 2.05) is 6.92 Å². The van der Waals surface area contributed by atoms with E-state index in [0.29, 0.717) is 13.0 Å². The Morgan fingerprint density at radius 2 is 2.36 bits per heavy atom. The van der Waals surface area contributed by atoms with Gasteiger partial charge in [0, 0.05) is 20.1 Å². The molecule has 1 rings (SSSR count). The molecule has 1 aliphatic rings. The molecule has 0 unspecified atom stereocenters. The van der Waals surface area contributed by atoms with E-state index in [1.54, 1.807) is 14.0 Å². The number of hydrogen-bond acceptors (Lipinski definition) is 3. The van der Waals surface area contributed by atoms with Crippen molar-refractivity contribution >= 4 is 5.78 Å². The summed E-state index contributed by atoms with van der Waals surface area (Å²) < 4.78 is 10.4. The van der Waals surface area contributed by atoms with Crippen LogP contribution in [-0.2, 0) is 14.3 Å². The molecule has 64 valence electrons. The standard InChI is InChI=1S/C8H14O3/c1-4-11-7-5-6(9)8(7,2)10-3/h7H,4-5H2,1-3H3/t7-,8-/m0/s1. The first kappa shape index (κ1) is 8.68. The number of hydrogen-bond donors (Lipinski definition) is 0. The number of rotatable bonds is 3. The van der Waals surface area contributed by atoms with E-state index in [-0.39, 0.29) is 11.9 Å². The summed E-state index contributed by atoms with van der Waals surface area (Å²) in [5, 5.41) is 0. The molecule has 3 heteroatoms. The maximum atomic E-state index is 11.1. The van der Waals surface area contributed by atoms with Crippen LogP contribution >= 0.6 is 0 Å². The summed E-state index contributed by atoms with van der Waals surface area (Å²) in [5.74, 6) is 0.137. The van der Waals surface area contributed by atoms with Crippen molar-refractivity contribution in [3.8, 4) is 0 Å². The van der Waals surface area contributed by atoms with Gasteiger partial charge in [0.05, 0.1) is 0 Å². The zero-order valence-electron chi connectivity index (χ0n) is 7.22. The molecule has 2 atom stereocenters. The molecule has 1 fully saturated rings. The van der Waals surface area contributed by atoms with Gasteiger partial charge in [0.25, 0.3) is 0 Å². The zero-order valence-corrected chi connectivity index (χ0v) is 7.22. The Hall–Kier alpha value is -0.410. The molecule has 0 aliphatic heterocycles. The predicted molar refractivity (Wildman–Crippen MR) is 40.5 cm³/mol. The van der Waals surface area contributed by atoms with Gasteiger partial charge in [0.2, 0.25) is 0 Å². The fourth-order valence-electron chi connectivity index (χ4n) is 1.28. The van der Waals surface area contributed by atoms with Gasteiger partial charge in [-0.25, -0.2) is 0 Å². The maximum Gasteiger partial charge on any atom is 0.169 e. The molecular weight excluding hydrogens is 144 g/mol. The van der Waals surface area contributed by atoms with E-state index < -0.39 is 5.60 Å². The molecule has 0 bridgehead atoms. The Kier molecular flexibility index (Phi) is 2.30. The molecule has 0 saturated heterocycles. The third kappa shape index (κ3) is 1.19. The molecule has 0 aromatic heterocycles. The van der Waals surface area contributed by atoms with E-state index in [9.17, 15) is 4.79 Å². The minimum absolute atomic E-state index is 0.0370. The molecule has 0 spiro atoms. The van der Waals surface area contributed by atoms with Crippen LogP contribution in [-0.4, -0.2) is 31.2 Å². The fourth-order valence-corrected chi connectivity index (χ4v) is 1.28. The second-order valence-corrected chi connectivity index (χ2v) is 2.88. The number of carbonyl (C=O) groups is 1. The summed E-state index contributed by atoms with van der Waals surface area (Å²) in [7, 11) is 1.54. The van der Waals surface area contributed by atoms with Crippen molar-refractivity contribution in [1.82, 2.24) is 0 Å². The van der Waals surface area contributed by atoms with Gasteiger partial charge in [-0.1, -0.05) is 0 Å². The van der Waals surface area contributed by atoms with Crippen molar-refractivity contribution in [1.29, 1.82) is 0 Å². The van der Waals surface area contributed by atoms with Crippen LogP contribution < -0.4 is 0 Å². The first-order valence-corrected chi connectivity index (χ1v) is 3.85. The monoisotopic (exact) mass is 158 g/mol. The van der Waals surface area contributed by atoms with Gasteiger partial charge in [0.1, 0.15) is 11.7 Å². The Bertz CT molecular complexity index is 167. The van der Waals surface area contributed by atoms with Crippen LogP contribution in [0.3, 0.4) is 0 Å². The minimum Gasteiger partial charge on any atom is -0.375 e. The van der Waals surface area contributed by atoms with Crippen LogP contribution in [0.4, 0.5) is 0 Å². The topological polar surface area (TPSA) is 35.5 Å². The highest BCUT2D eigenvalue weighted by molar-refractivity contribution is 5.94. The first-order valence-electron chi connectivity index (χ1n) is 3.85. The first-order chi connectivity index (χ1) is 5.15. The van der Waals surface area contributed by atoms with Crippen LogP contribution in [0, 0.1) is 0 Å². The molecule has 0 heterocycles. The molecule has 0 aromatic rings. The second-order valence-electron chi connectivity index (χ2n) is 2.88. The Balaban J connectivity index is 2.53. The third-order valence-electron chi connectivity index (χ3n) is 2.33. The van der Waals surface area contributed by atoms with Crippen LogP contribution in [0.2, 0.25) is 0 Å². The average molecular weight is 158 g/mol. The number of ketones is 1. The maximum absolute atomic E-state index is 11.1. The van der Waals surface area contributed by atoms with Gasteiger partial charge in [-0.05, 0) is 13.8 Å². The molecule has 0 amide bonds. The largest absolute Gasteiger partial charge is 0.375 e. The van der Waals surface area contributed by atoms with E-state index in [4.69, 9.17) is 9.47 Å². The number of carbonyl (C=O) groups excluding carboxylic acids is 1. The summed E-state index contributed by atoms with van der Waals surface area (Å²) in [4.78, 5) is 11.1. The number of methoxy groups -OCH3 is 1. The molecule has 1 saturated carbocycles. The summed E-state index contributed by atoms with van der Waals surface area (Å²) in [6.07, 6.45) is 0.461. The lowest BCUT2D eigenvalue weighted by Gasteiger charge is -2.43. The van der Waals surface area contributed by atoms with E-state index in [0.717, 1.165) is 0 Å². The van der Waals surface area contributed by atoms with Gasteiger partial charge >= 0.3 is 0 Å². The quantitative estimate of drug-likeness (QED) is 0.608. The summed E-state index contributed by atoms with van der Waals surface area (Å²) in [6.45, 7) is 4.33. The van der Waals surface area contributed by atoms with Gasteiger partial charge in [0.15, 0.2) is 5.78 Å². The van der Waals surface area contributed by atoms with Crippen LogP contribution in [0.25, 0.3) is 0 Å². The van der Waals surface area contributed by atoms with Crippen molar-refractivity contribution in [2.24, 2.45) is 0 Å². The van der Waals surface area contributed by atoms with Crippen LogP contribution in [0.1, 0.15) is 20.3 Å². The smallest absolute Gasteiger partial charge is 0.169 e. The predicted octanol–water partition coefficient (Wildman–Crippen LogP) is 0.769. The molecular formula is C8H14O3. The lowest BCUT2D eigenvalue weighted by Crippen LogP contribution is -2.60. The molecule has 0 radical (unpaired) electrons. The van der Waals surface area contributed by atoms with E-state index in [1.165, 1.54) is 0 Å². The van der Waals surface area contributed by atoms with Gasteiger partial charge in [-0.2, -0.15) is 0 Å². The fraction of sp³-hybridized carbons (Fsp3) is 0.875. The average Bonchev–Trinajstić information content (AvgIpc) is 2.03. The summed E-state index contributed by atoms with van der Waals surface area (Å²) in [6, 6.07) is 0. The normalized spacial score (nSPS) is 37.0. The second kappa shape index (κ2) is 2.91. The van der Waals surface area contributed by atoms with Crippen molar-refractivity contribution in [2.75, 3.05) is 13.7 Å². The highest BCUT2D eigenvalue weighted by Gasteiger charge is 2.52. The van der Waals surface area contributed by atoms with Crippen molar-refractivity contribution < 1.29 is 14.3 Å². The lowest BCUT2D eigenvalue weighted by atomic mass is 9.77. The Morgan fingerprint density at radius 1 is 1.73 bits per heavy atom. The van der Waals surface area contributed by atoms with Gasteiger partial charge < -0.3 is 9.47 Å². The molecule has 3 nitrogen and oxygen atoms in total. The van der Waals surface area contributed by atoms with Crippen molar-refractivity contribution in [2.45, 2.75) is 32.0 Å². The zero-order chi connectivity index (χ0) is 8.48. The van der Waals surface area contributed by atoms with E-state index >= 15 is 0 Å². The lowest BCUT2D eigenvalue weighted by molar-refractivity contribution is -0.187. The highest BCUT2D eigenvalue weighted by atomic mass is 16.6. The van der Waals surface area contributed by atoms with Gasteiger partial charge in [-0.3, -0.25) is 4.79 Å². The number of ether oxygens (including phenoxy) is 2. The van der Waals surface area contributed by atoms with Crippen LogP contribution in [0.15, 0.2) is 0 Å².